The van der Waals surface area contributed by atoms with Crippen molar-refractivity contribution in [3.8, 4) is 5.75 Å². The van der Waals surface area contributed by atoms with Gasteiger partial charge in [-0.05, 0) is 30.7 Å². The van der Waals surface area contributed by atoms with Crippen LogP contribution in [0.1, 0.15) is 29.3 Å². The first-order valence-corrected chi connectivity index (χ1v) is 8.26. The van der Waals surface area contributed by atoms with Gasteiger partial charge in [0, 0.05) is 22.1 Å². The molecule has 0 aliphatic carbocycles. The van der Waals surface area contributed by atoms with Gasteiger partial charge in [-0.3, -0.25) is 4.79 Å². The van der Waals surface area contributed by atoms with Gasteiger partial charge in [-0.15, -0.1) is 0 Å². The molecule has 1 aliphatic rings. The summed E-state index contributed by atoms with van der Waals surface area (Å²) in [6.07, 6.45) is 0.899. The summed E-state index contributed by atoms with van der Waals surface area (Å²) in [5, 5.41) is 0. The zero-order chi connectivity index (χ0) is 15.5. The Morgan fingerprint density at radius 1 is 1.27 bits per heavy atom. The van der Waals surface area contributed by atoms with Crippen LogP contribution < -0.4 is 4.74 Å². The van der Waals surface area contributed by atoms with Gasteiger partial charge in [-0.25, -0.2) is 0 Å². The van der Waals surface area contributed by atoms with E-state index in [0.29, 0.717) is 18.7 Å². The maximum atomic E-state index is 12.8. The molecule has 0 N–H and O–H groups in total. The van der Waals surface area contributed by atoms with Crippen LogP contribution in [0, 0.1) is 0 Å². The van der Waals surface area contributed by atoms with E-state index in [1.54, 1.807) is 0 Å². The minimum absolute atomic E-state index is 0.0275. The van der Waals surface area contributed by atoms with Gasteiger partial charge in [0.1, 0.15) is 11.9 Å². The lowest BCUT2D eigenvalue weighted by Gasteiger charge is -2.23. The minimum Gasteiger partial charge on any atom is -0.488 e. The van der Waals surface area contributed by atoms with Crippen LogP contribution >= 0.6 is 15.9 Å². The van der Waals surface area contributed by atoms with Crippen molar-refractivity contribution in [3.63, 3.8) is 0 Å². The standard InChI is InChI=1S/C18H18BrNO2/c1-2-16-12-20(11-14-6-3-4-9-17(14)22-16)18(21)13-7-5-8-15(19)10-13/h3-10,16H,2,11-12H2,1H3/t16-/m1/s1. The number of para-hydroxylation sites is 1. The Kier molecular flexibility index (Phi) is 4.48. The van der Waals surface area contributed by atoms with Gasteiger partial charge in [0.05, 0.1) is 6.54 Å². The van der Waals surface area contributed by atoms with E-state index >= 15 is 0 Å². The summed E-state index contributed by atoms with van der Waals surface area (Å²) in [6, 6.07) is 15.5. The van der Waals surface area contributed by atoms with E-state index in [2.05, 4.69) is 22.9 Å². The fourth-order valence-corrected chi connectivity index (χ4v) is 3.05. The van der Waals surface area contributed by atoms with Crippen molar-refractivity contribution in [2.45, 2.75) is 26.0 Å². The number of amides is 1. The SMILES string of the molecule is CC[C@@H]1CN(C(=O)c2cccc(Br)c2)Cc2ccccc2O1. The van der Waals surface area contributed by atoms with Gasteiger partial charge in [-0.2, -0.15) is 0 Å². The highest BCUT2D eigenvalue weighted by molar-refractivity contribution is 9.10. The van der Waals surface area contributed by atoms with Crippen LogP contribution in [-0.2, 0) is 6.54 Å². The number of nitrogens with zero attached hydrogens (tertiary/aromatic N) is 1. The van der Waals surface area contributed by atoms with Crippen molar-refractivity contribution in [2.75, 3.05) is 6.54 Å². The number of carbonyl (C=O) groups excluding carboxylic acids is 1. The van der Waals surface area contributed by atoms with Crippen molar-refractivity contribution in [3.05, 3.63) is 64.1 Å². The lowest BCUT2D eigenvalue weighted by molar-refractivity contribution is 0.0674. The predicted octanol–water partition coefficient (Wildman–Crippen LogP) is 4.26. The summed E-state index contributed by atoms with van der Waals surface area (Å²) in [7, 11) is 0. The quantitative estimate of drug-likeness (QED) is 0.801. The Labute approximate surface area is 139 Å². The average molecular weight is 360 g/mol. The first-order valence-electron chi connectivity index (χ1n) is 7.46. The molecule has 0 radical (unpaired) electrons. The summed E-state index contributed by atoms with van der Waals surface area (Å²) in [5.41, 5.74) is 1.76. The lowest BCUT2D eigenvalue weighted by Crippen LogP contribution is -2.37. The Hall–Kier alpha value is -1.81. The Bertz CT molecular complexity index is 686. The van der Waals surface area contributed by atoms with Crippen LogP contribution in [0.5, 0.6) is 5.75 Å². The van der Waals surface area contributed by atoms with Crippen LogP contribution in [0.25, 0.3) is 0 Å². The molecule has 22 heavy (non-hydrogen) atoms. The second-order valence-corrected chi connectivity index (χ2v) is 6.37. The molecule has 0 saturated heterocycles. The summed E-state index contributed by atoms with van der Waals surface area (Å²) in [5.74, 6) is 0.930. The molecule has 2 aromatic carbocycles. The molecule has 0 spiro atoms. The maximum absolute atomic E-state index is 12.8. The Morgan fingerprint density at radius 2 is 2.09 bits per heavy atom. The first-order chi connectivity index (χ1) is 10.7. The molecule has 1 amide bonds. The highest BCUT2D eigenvalue weighted by atomic mass is 79.9. The van der Waals surface area contributed by atoms with Crippen molar-refractivity contribution >= 4 is 21.8 Å². The summed E-state index contributed by atoms with van der Waals surface area (Å²) in [6.45, 7) is 3.27. The van der Waals surface area contributed by atoms with Crippen molar-refractivity contribution in [2.24, 2.45) is 0 Å². The third-order valence-corrected chi connectivity index (χ3v) is 4.36. The van der Waals surface area contributed by atoms with Gasteiger partial charge in [0.2, 0.25) is 0 Å². The molecule has 1 atom stereocenters. The molecular weight excluding hydrogens is 342 g/mol. The zero-order valence-corrected chi connectivity index (χ0v) is 14.0. The van der Waals surface area contributed by atoms with E-state index in [9.17, 15) is 4.79 Å². The molecule has 114 valence electrons. The van der Waals surface area contributed by atoms with Crippen LogP contribution in [-0.4, -0.2) is 23.5 Å². The topological polar surface area (TPSA) is 29.5 Å². The molecule has 4 heteroatoms. The molecule has 0 unspecified atom stereocenters. The summed E-state index contributed by atoms with van der Waals surface area (Å²) >= 11 is 3.43. The van der Waals surface area contributed by atoms with E-state index < -0.39 is 0 Å². The fraction of sp³-hybridized carbons (Fsp3) is 0.278. The largest absolute Gasteiger partial charge is 0.488 e. The Morgan fingerprint density at radius 3 is 2.86 bits per heavy atom. The van der Waals surface area contributed by atoms with Crippen molar-refractivity contribution in [1.29, 1.82) is 0 Å². The van der Waals surface area contributed by atoms with Gasteiger partial charge in [0.15, 0.2) is 0 Å². The van der Waals surface area contributed by atoms with Crippen LogP contribution in [0.4, 0.5) is 0 Å². The molecule has 3 rings (SSSR count). The third-order valence-electron chi connectivity index (χ3n) is 3.87. The highest BCUT2D eigenvalue weighted by Gasteiger charge is 2.25. The number of carbonyl (C=O) groups is 1. The van der Waals surface area contributed by atoms with Crippen LogP contribution in [0.2, 0.25) is 0 Å². The monoisotopic (exact) mass is 359 g/mol. The van der Waals surface area contributed by atoms with Crippen LogP contribution in [0.3, 0.4) is 0 Å². The molecule has 1 aliphatic heterocycles. The van der Waals surface area contributed by atoms with Gasteiger partial charge < -0.3 is 9.64 Å². The van der Waals surface area contributed by atoms with E-state index in [1.165, 1.54) is 0 Å². The number of ether oxygens (including phenoxy) is 1. The number of halogens is 1. The molecule has 0 bridgehead atoms. The molecule has 0 fully saturated rings. The first kappa shape index (κ1) is 15.1. The smallest absolute Gasteiger partial charge is 0.254 e. The second kappa shape index (κ2) is 6.53. The lowest BCUT2D eigenvalue weighted by atomic mass is 10.1. The van der Waals surface area contributed by atoms with Crippen molar-refractivity contribution < 1.29 is 9.53 Å². The normalized spacial score (nSPS) is 17.4. The van der Waals surface area contributed by atoms with E-state index in [0.717, 1.165) is 22.2 Å². The Balaban J connectivity index is 1.91. The molecule has 0 saturated carbocycles. The number of fused-ring (bicyclic) bond motifs is 1. The van der Waals surface area contributed by atoms with E-state index in [-0.39, 0.29) is 12.0 Å². The number of hydrogen-bond donors (Lipinski definition) is 0. The molecule has 2 aromatic rings. The summed E-state index contributed by atoms with van der Waals surface area (Å²) in [4.78, 5) is 14.7. The van der Waals surface area contributed by atoms with Gasteiger partial charge in [0.25, 0.3) is 5.91 Å². The number of rotatable bonds is 2. The third kappa shape index (κ3) is 3.17. The van der Waals surface area contributed by atoms with E-state index in [4.69, 9.17) is 4.74 Å². The summed E-state index contributed by atoms with van der Waals surface area (Å²) < 4.78 is 6.96. The van der Waals surface area contributed by atoms with E-state index in [1.807, 2.05) is 53.4 Å². The van der Waals surface area contributed by atoms with Crippen molar-refractivity contribution in [1.82, 2.24) is 4.90 Å². The molecule has 1 heterocycles. The molecular formula is C18H18BrNO2. The second-order valence-electron chi connectivity index (χ2n) is 5.45. The highest BCUT2D eigenvalue weighted by Crippen LogP contribution is 2.26. The maximum Gasteiger partial charge on any atom is 0.254 e. The minimum atomic E-state index is 0.0275. The van der Waals surface area contributed by atoms with Crippen LogP contribution in [0.15, 0.2) is 53.0 Å². The number of hydrogen-bond acceptors (Lipinski definition) is 2. The van der Waals surface area contributed by atoms with Gasteiger partial charge >= 0.3 is 0 Å². The molecule has 0 aromatic heterocycles. The average Bonchev–Trinajstić information content (AvgIpc) is 2.73. The van der Waals surface area contributed by atoms with Gasteiger partial charge in [-0.1, -0.05) is 47.1 Å². The molecule has 3 nitrogen and oxygen atoms in total. The predicted molar refractivity (Wildman–Crippen MR) is 90.0 cm³/mol. The zero-order valence-electron chi connectivity index (χ0n) is 12.5. The number of benzene rings is 2. The fourth-order valence-electron chi connectivity index (χ4n) is 2.65.